The standard InChI is InChI=1S/C11H17N.C11H15N.2H2S/c2*1-9(2)12-10(3)11-7-5-4-6-8-11;;/h4-10,12H,1-3H3;4-8,10H,1-3H3;2*1H2. The van der Waals surface area contributed by atoms with E-state index in [0.29, 0.717) is 12.1 Å². The molecular formula is C22H36N2S2. The van der Waals surface area contributed by atoms with Crippen LogP contribution in [0.2, 0.25) is 0 Å². The maximum atomic E-state index is 4.46. The van der Waals surface area contributed by atoms with Gasteiger partial charge in [-0.25, -0.2) is 0 Å². The molecule has 0 heterocycles. The number of hydrogen-bond donors (Lipinski definition) is 1. The third-order valence-electron chi connectivity index (χ3n) is 3.62. The molecule has 2 aromatic carbocycles. The molecule has 0 fully saturated rings. The monoisotopic (exact) mass is 392 g/mol. The first-order valence-corrected chi connectivity index (χ1v) is 8.77. The van der Waals surface area contributed by atoms with Crippen LogP contribution >= 0.6 is 27.0 Å². The van der Waals surface area contributed by atoms with Crippen LogP contribution in [0.15, 0.2) is 65.7 Å². The number of nitrogens with one attached hydrogen (secondary N) is 1. The van der Waals surface area contributed by atoms with Crippen molar-refractivity contribution in [2.45, 2.75) is 59.7 Å². The molecule has 4 heteroatoms. The van der Waals surface area contributed by atoms with Crippen molar-refractivity contribution in [1.29, 1.82) is 0 Å². The van der Waals surface area contributed by atoms with Crippen molar-refractivity contribution in [1.82, 2.24) is 5.32 Å². The Hall–Kier alpha value is -1.23. The van der Waals surface area contributed by atoms with Gasteiger partial charge in [-0.1, -0.05) is 74.5 Å². The number of rotatable bonds is 5. The van der Waals surface area contributed by atoms with Crippen molar-refractivity contribution >= 4 is 32.7 Å². The molecule has 26 heavy (non-hydrogen) atoms. The second-order valence-corrected chi connectivity index (χ2v) is 6.62. The van der Waals surface area contributed by atoms with Crippen molar-refractivity contribution < 1.29 is 0 Å². The Morgan fingerprint density at radius 2 is 1.15 bits per heavy atom. The van der Waals surface area contributed by atoms with Gasteiger partial charge in [-0.3, -0.25) is 4.99 Å². The van der Waals surface area contributed by atoms with Crippen molar-refractivity contribution in [3.63, 3.8) is 0 Å². The molecule has 0 aliphatic carbocycles. The highest BCUT2D eigenvalue weighted by atomic mass is 32.1. The minimum atomic E-state index is 0. The molecule has 0 aromatic heterocycles. The highest BCUT2D eigenvalue weighted by Gasteiger charge is 2.04. The highest BCUT2D eigenvalue weighted by molar-refractivity contribution is 7.59. The van der Waals surface area contributed by atoms with E-state index in [9.17, 15) is 0 Å². The summed E-state index contributed by atoms with van der Waals surface area (Å²) in [7, 11) is 0. The summed E-state index contributed by atoms with van der Waals surface area (Å²) in [5, 5.41) is 3.46. The van der Waals surface area contributed by atoms with Gasteiger partial charge in [0.1, 0.15) is 0 Å². The summed E-state index contributed by atoms with van der Waals surface area (Å²) >= 11 is 0. The molecule has 0 aliphatic rings. The molecule has 0 saturated heterocycles. The van der Waals surface area contributed by atoms with Gasteiger partial charge in [0.05, 0.1) is 6.04 Å². The van der Waals surface area contributed by atoms with Crippen LogP contribution in [-0.4, -0.2) is 11.8 Å². The fourth-order valence-corrected chi connectivity index (χ4v) is 2.53. The maximum absolute atomic E-state index is 4.46. The normalized spacial score (nSPS) is 11.8. The van der Waals surface area contributed by atoms with E-state index in [1.54, 1.807) is 0 Å². The van der Waals surface area contributed by atoms with Gasteiger partial charge in [0, 0.05) is 17.8 Å². The summed E-state index contributed by atoms with van der Waals surface area (Å²) in [5.41, 5.74) is 3.76. The quantitative estimate of drug-likeness (QED) is 0.602. The van der Waals surface area contributed by atoms with Gasteiger partial charge in [-0.15, -0.1) is 0 Å². The molecule has 0 radical (unpaired) electrons. The zero-order chi connectivity index (χ0) is 17.9. The largest absolute Gasteiger partial charge is 0.308 e. The molecule has 0 aliphatic heterocycles. The van der Waals surface area contributed by atoms with E-state index in [0.717, 1.165) is 5.71 Å². The molecule has 0 saturated carbocycles. The van der Waals surface area contributed by atoms with Crippen molar-refractivity contribution in [2.75, 3.05) is 0 Å². The zero-order valence-corrected chi connectivity index (χ0v) is 19.0. The van der Waals surface area contributed by atoms with Crippen LogP contribution in [0.1, 0.15) is 64.8 Å². The minimum Gasteiger partial charge on any atom is -0.308 e. The highest BCUT2D eigenvalue weighted by Crippen LogP contribution is 2.15. The van der Waals surface area contributed by atoms with E-state index < -0.39 is 0 Å². The molecule has 0 spiro atoms. The van der Waals surface area contributed by atoms with Gasteiger partial charge in [-0.05, 0) is 38.8 Å². The van der Waals surface area contributed by atoms with E-state index in [1.807, 2.05) is 38.1 Å². The first-order chi connectivity index (χ1) is 11.4. The smallest absolute Gasteiger partial charge is 0.0719 e. The fourth-order valence-electron chi connectivity index (χ4n) is 2.53. The molecule has 2 nitrogen and oxygen atoms in total. The molecule has 0 amide bonds. The molecule has 0 bridgehead atoms. The lowest BCUT2D eigenvalue weighted by Crippen LogP contribution is -2.25. The zero-order valence-electron chi connectivity index (χ0n) is 17.0. The van der Waals surface area contributed by atoms with Crippen LogP contribution in [0.5, 0.6) is 0 Å². The lowest BCUT2D eigenvalue weighted by Gasteiger charge is -2.16. The third-order valence-corrected chi connectivity index (χ3v) is 3.62. The van der Waals surface area contributed by atoms with Gasteiger partial charge in [0.15, 0.2) is 0 Å². The fraction of sp³-hybridized carbons (Fsp3) is 0.409. The number of aliphatic imine (C=N–C) groups is 1. The summed E-state index contributed by atoms with van der Waals surface area (Å²) in [5.74, 6) is 0. The number of benzene rings is 2. The summed E-state index contributed by atoms with van der Waals surface area (Å²) in [6, 6.07) is 22.1. The van der Waals surface area contributed by atoms with Crippen LogP contribution < -0.4 is 5.32 Å². The first kappa shape index (κ1) is 27.0. The molecule has 2 unspecified atom stereocenters. The second kappa shape index (κ2) is 14.9. The Kier molecular flexibility index (Phi) is 15.5. The molecular weight excluding hydrogens is 356 g/mol. The predicted octanol–water partition coefficient (Wildman–Crippen LogP) is 6.20. The SMILES string of the molecule is CC(C)=NC(C)c1ccccc1.CC(C)NC(C)c1ccccc1.S.S. The predicted molar refractivity (Wildman–Crippen MR) is 128 cm³/mol. The van der Waals surface area contributed by atoms with Crippen LogP contribution in [0.3, 0.4) is 0 Å². The van der Waals surface area contributed by atoms with E-state index in [1.165, 1.54) is 11.1 Å². The van der Waals surface area contributed by atoms with Gasteiger partial charge in [0.25, 0.3) is 0 Å². The Morgan fingerprint density at radius 1 is 0.731 bits per heavy atom. The van der Waals surface area contributed by atoms with Crippen molar-refractivity contribution in [3.8, 4) is 0 Å². The van der Waals surface area contributed by atoms with Crippen molar-refractivity contribution in [3.05, 3.63) is 71.8 Å². The minimum absolute atomic E-state index is 0. The Balaban J connectivity index is 0. The summed E-state index contributed by atoms with van der Waals surface area (Å²) in [6.45, 7) is 12.7. The van der Waals surface area contributed by atoms with Gasteiger partial charge in [0.2, 0.25) is 0 Å². The van der Waals surface area contributed by atoms with Gasteiger partial charge < -0.3 is 5.32 Å². The molecule has 2 rings (SSSR count). The topological polar surface area (TPSA) is 24.4 Å². The maximum Gasteiger partial charge on any atom is 0.0719 e. The van der Waals surface area contributed by atoms with E-state index in [2.05, 4.69) is 74.4 Å². The van der Waals surface area contributed by atoms with Crippen LogP contribution in [0, 0.1) is 0 Å². The van der Waals surface area contributed by atoms with Crippen LogP contribution in [0.4, 0.5) is 0 Å². The van der Waals surface area contributed by atoms with E-state index in [4.69, 9.17) is 0 Å². The Labute approximate surface area is 174 Å². The summed E-state index contributed by atoms with van der Waals surface area (Å²) in [4.78, 5) is 4.46. The molecule has 146 valence electrons. The Bertz CT molecular complexity index is 594. The number of hydrogen-bond acceptors (Lipinski definition) is 2. The average molecular weight is 393 g/mol. The molecule has 2 aromatic rings. The summed E-state index contributed by atoms with van der Waals surface area (Å²) in [6.07, 6.45) is 0. The molecule has 2 atom stereocenters. The molecule has 1 N–H and O–H groups in total. The van der Waals surface area contributed by atoms with E-state index >= 15 is 0 Å². The first-order valence-electron chi connectivity index (χ1n) is 8.77. The average Bonchev–Trinajstić information content (AvgIpc) is 2.56. The van der Waals surface area contributed by atoms with Crippen LogP contribution in [0.25, 0.3) is 0 Å². The van der Waals surface area contributed by atoms with Crippen LogP contribution in [-0.2, 0) is 0 Å². The summed E-state index contributed by atoms with van der Waals surface area (Å²) < 4.78 is 0. The lowest BCUT2D eigenvalue weighted by atomic mass is 10.1. The third kappa shape index (κ3) is 11.4. The Morgan fingerprint density at radius 3 is 1.54 bits per heavy atom. The van der Waals surface area contributed by atoms with Crippen molar-refractivity contribution in [2.24, 2.45) is 4.99 Å². The second-order valence-electron chi connectivity index (χ2n) is 6.62. The lowest BCUT2D eigenvalue weighted by molar-refractivity contribution is 0.506. The number of nitrogens with zero attached hydrogens (tertiary/aromatic N) is 1. The van der Waals surface area contributed by atoms with E-state index in [-0.39, 0.29) is 33.0 Å². The van der Waals surface area contributed by atoms with Gasteiger partial charge in [-0.2, -0.15) is 27.0 Å². The van der Waals surface area contributed by atoms with Gasteiger partial charge >= 0.3 is 0 Å².